The molecule has 0 spiro atoms. The first-order chi connectivity index (χ1) is 11.7. The molecule has 0 radical (unpaired) electrons. The average Bonchev–Trinajstić information content (AvgIpc) is 2.64. The second-order valence-corrected chi connectivity index (χ2v) is 5.68. The number of nitrogens with one attached hydrogen (secondary N) is 2. The molecule has 2 rings (SSSR count). The summed E-state index contributed by atoms with van der Waals surface area (Å²) >= 11 is 0. The number of carbonyl (C=O) groups excluding carboxylic acids is 1. The van der Waals surface area contributed by atoms with Gasteiger partial charge in [-0.3, -0.25) is 14.6 Å². The van der Waals surface area contributed by atoms with E-state index in [1.807, 2.05) is 30.3 Å². The van der Waals surface area contributed by atoms with E-state index in [1.165, 1.54) is 0 Å². The van der Waals surface area contributed by atoms with Crippen molar-refractivity contribution in [2.45, 2.75) is 33.2 Å². The topological polar surface area (TPSA) is 63.2 Å². The van der Waals surface area contributed by atoms with Crippen molar-refractivity contribution in [2.24, 2.45) is 5.92 Å². The molecule has 5 nitrogen and oxygen atoms in total. The van der Waals surface area contributed by atoms with Gasteiger partial charge in [0.15, 0.2) is 0 Å². The van der Waals surface area contributed by atoms with Gasteiger partial charge in [0.2, 0.25) is 0 Å². The number of rotatable bonds is 9. The third kappa shape index (κ3) is 5.35. The van der Waals surface area contributed by atoms with E-state index in [-0.39, 0.29) is 5.91 Å². The molecule has 0 aliphatic rings. The van der Waals surface area contributed by atoms with Crippen LogP contribution in [0.5, 0.6) is 0 Å². The second-order valence-electron chi connectivity index (χ2n) is 5.68. The summed E-state index contributed by atoms with van der Waals surface area (Å²) in [6.45, 7) is 5.40. The molecule has 0 aliphatic heterocycles. The van der Waals surface area contributed by atoms with Crippen molar-refractivity contribution in [3.8, 4) is 0 Å². The lowest BCUT2D eigenvalue weighted by atomic mass is 10.1. The smallest absolute Gasteiger partial charge is 0.276 e. The zero-order valence-electron chi connectivity index (χ0n) is 14.3. The van der Waals surface area contributed by atoms with Gasteiger partial charge in [-0.25, -0.2) is 5.48 Å². The fraction of sp³-hybridized carbons (Fsp3) is 0.368. The Morgan fingerprint density at radius 2 is 1.83 bits per heavy atom. The molecule has 2 aromatic rings. The molecule has 0 unspecified atom stereocenters. The number of anilines is 1. The van der Waals surface area contributed by atoms with Crippen molar-refractivity contribution in [3.05, 3.63) is 59.9 Å². The zero-order valence-corrected chi connectivity index (χ0v) is 14.3. The summed E-state index contributed by atoms with van der Waals surface area (Å²) in [5, 5.41) is 3.29. The maximum atomic E-state index is 12.3. The van der Waals surface area contributed by atoms with Crippen molar-refractivity contribution in [2.75, 3.05) is 11.9 Å². The first kappa shape index (κ1) is 17.9. The lowest BCUT2D eigenvalue weighted by Gasteiger charge is -2.14. The Labute approximate surface area is 143 Å². The summed E-state index contributed by atoms with van der Waals surface area (Å²) in [5.41, 5.74) is 4.99. The van der Waals surface area contributed by atoms with Crippen LogP contribution in [0.4, 0.5) is 5.69 Å². The van der Waals surface area contributed by atoms with Gasteiger partial charge < -0.3 is 5.32 Å². The van der Waals surface area contributed by atoms with Crippen LogP contribution < -0.4 is 10.8 Å². The fourth-order valence-electron chi connectivity index (χ4n) is 2.34. The highest BCUT2D eigenvalue weighted by Crippen LogP contribution is 2.16. The van der Waals surface area contributed by atoms with E-state index < -0.39 is 0 Å². The van der Waals surface area contributed by atoms with Crippen LogP contribution in [0.25, 0.3) is 0 Å². The lowest BCUT2D eigenvalue weighted by molar-refractivity contribution is 0.0151. The summed E-state index contributed by atoms with van der Waals surface area (Å²) in [6.07, 6.45) is 5.58. The van der Waals surface area contributed by atoms with Crippen molar-refractivity contribution in [1.82, 2.24) is 10.5 Å². The SMILES string of the molecule is CCC(CC)CONC(=O)c1ccccc1NCc1ccncc1. The molecule has 0 fully saturated rings. The van der Waals surface area contributed by atoms with E-state index in [0.29, 0.717) is 24.6 Å². The van der Waals surface area contributed by atoms with Gasteiger partial charge in [-0.1, -0.05) is 38.8 Å². The molecule has 0 bridgehead atoms. The summed E-state index contributed by atoms with van der Waals surface area (Å²) in [5.74, 6) is 0.226. The van der Waals surface area contributed by atoms with Gasteiger partial charge in [-0.05, 0) is 35.7 Å². The molecule has 1 heterocycles. The van der Waals surface area contributed by atoms with Gasteiger partial charge in [-0.15, -0.1) is 0 Å². The number of hydrogen-bond donors (Lipinski definition) is 2. The van der Waals surface area contributed by atoms with Crippen LogP contribution in [-0.2, 0) is 11.4 Å². The molecule has 0 aliphatic carbocycles. The molecule has 5 heteroatoms. The van der Waals surface area contributed by atoms with Crippen LogP contribution in [0.15, 0.2) is 48.8 Å². The Balaban J connectivity index is 1.93. The first-order valence-electron chi connectivity index (χ1n) is 8.38. The summed E-state index contributed by atoms with van der Waals surface area (Å²) < 4.78 is 0. The van der Waals surface area contributed by atoms with E-state index in [0.717, 1.165) is 24.1 Å². The number of hydroxylamine groups is 1. The van der Waals surface area contributed by atoms with E-state index in [2.05, 4.69) is 29.6 Å². The van der Waals surface area contributed by atoms with Gasteiger partial charge in [0, 0.05) is 24.6 Å². The van der Waals surface area contributed by atoms with Gasteiger partial charge in [-0.2, -0.15) is 0 Å². The zero-order chi connectivity index (χ0) is 17.2. The fourth-order valence-corrected chi connectivity index (χ4v) is 2.34. The van der Waals surface area contributed by atoms with Crippen LogP contribution >= 0.6 is 0 Å². The number of carbonyl (C=O) groups is 1. The molecule has 24 heavy (non-hydrogen) atoms. The minimum Gasteiger partial charge on any atom is -0.380 e. The molecule has 128 valence electrons. The van der Waals surface area contributed by atoms with Crippen LogP contribution in [-0.4, -0.2) is 17.5 Å². The molecule has 0 saturated heterocycles. The number of benzene rings is 1. The third-order valence-electron chi connectivity index (χ3n) is 4.04. The highest BCUT2D eigenvalue weighted by atomic mass is 16.6. The molecule has 1 aromatic heterocycles. The molecule has 0 atom stereocenters. The second kappa shape index (κ2) is 9.67. The minimum absolute atomic E-state index is 0.237. The van der Waals surface area contributed by atoms with E-state index >= 15 is 0 Å². The molecular formula is C19H25N3O2. The Kier molecular flexibility index (Phi) is 7.23. The van der Waals surface area contributed by atoms with Crippen LogP contribution in [0.2, 0.25) is 0 Å². The summed E-state index contributed by atoms with van der Waals surface area (Å²) in [4.78, 5) is 21.7. The maximum absolute atomic E-state index is 12.3. The monoisotopic (exact) mass is 327 g/mol. The van der Waals surface area contributed by atoms with E-state index in [4.69, 9.17) is 4.84 Å². The van der Waals surface area contributed by atoms with Gasteiger partial charge in [0.05, 0.1) is 12.2 Å². The van der Waals surface area contributed by atoms with E-state index in [1.54, 1.807) is 18.5 Å². The molecule has 2 N–H and O–H groups in total. The standard InChI is InChI=1S/C19H25N3O2/c1-3-15(4-2)14-24-22-19(23)17-7-5-6-8-18(17)21-13-16-9-11-20-12-10-16/h5-12,15,21H,3-4,13-14H2,1-2H3,(H,22,23). The highest BCUT2D eigenvalue weighted by molar-refractivity contribution is 5.98. The quantitative estimate of drug-likeness (QED) is 0.688. The number of nitrogens with zero attached hydrogens (tertiary/aromatic N) is 1. The van der Waals surface area contributed by atoms with Crippen molar-refractivity contribution in [3.63, 3.8) is 0 Å². The first-order valence-corrected chi connectivity index (χ1v) is 8.38. The number of amides is 1. The molecule has 0 saturated carbocycles. The van der Waals surface area contributed by atoms with Crippen LogP contribution in [0.3, 0.4) is 0 Å². The van der Waals surface area contributed by atoms with Crippen molar-refractivity contribution in [1.29, 1.82) is 0 Å². The third-order valence-corrected chi connectivity index (χ3v) is 4.04. The van der Waals surface area contributed by atoms with Crippen molar-refractivity contribution >= 4 is 11.6 Å². The number of pyridine rings is 1. The Hall–Kier alpha value is -2.40. The van der Waals surface area contributed by atoms with Crippen LogP contribution in [0, 0.1) is 5.92 Å². The molecular weight excluding hydrogens is 302 g/mol. The predicted molar refractivity (Wildman–Crippen MR) is 95.5 cm³/mol. The highest BCUT2D eigenvalue weighted by Gasteiger charge is 2.12. The Bertz CT molecular complexity index is 628. The minimum atomic E-state index is -0.237. The summed E-state index contributed by atoms with van der Waals surface area (Å²) in [6, 6.07) is 11.3. The normalized spacial score (nSPS) is 10.6. The average molecular weight is 327 g/mol. The van der Waals surface area contributed by atoms with Gasteiger partial charge >= 0.3 is 0 Å². The van der Waals surface area contributed by atoms with E-state index in [9.17, 15) is 4.79 Å². The van der Waals surface area contributed by atoms with Crippen molar-refractivity contribution < 1.29 is 9.63 Å². The maximum Gasteiger partial charge on any atom is 0.276 e. The van der Waals surface area contributed by atoms with Gasteiger partial charge in [0.1, 0.15) is 0 Å². The number of para-hydroxylation sites is 1. The molecule has 1 amide bonds. The number of aromatic nitrogens is 1. The predicted octanol–water partition coefficient (Wildman–Crippen LogP) is 3.79. The van der Waals surface area contributed by atoms with Gasteiger partial charge in [0.25, 0.3) is 5.91 Å². The Morgan fingerprint density at radius 3 is 2.54 bits per heavy atom. The summed E-state index contributed by atoms with van der Waals surface area (Å²) in [7, 11) is 0. The molecule has 1 aromatic carbocycles. The van der Waals surface area contributed by atoms with Crippen LogP contribution in [0.1, 0.15) is 42.6 Å². The number of hydrogen-bond acceptors (Lipinski definition) is 4. The Morgan fingerprint density at radius 1 is 1.12 bits per heavy atom. The largest absolute Gasteiger partial charge is 0.380 e. The lowest BCUT2D eigenvalue weighted by Crippen LogP contribution is -2.27.